The van der Waals surface area contributed by atoms with Gasteiger partial charge in [0.1, 0.15) is 5.82 Å². The molecule has 1 aromatic carbocycles. The van der Waals surface area contributed by atoms with Gasteiger partial charge in [-0.25, -0.2) is 15.0 Å². The first kappa shape index (κ1) is 25.1. The number of carbonyl (C=O) groups excluding carboxylic acids is 1. The van der Waals surface area contributed by atoms with Crippen LogP contribution >= 0.6 is 0 Å². The van der Waals surface area contributed by atoms with Gasteiger partial charge in [0, 0.05) is 70.3 Å². The molecule has 3 aromatic rings. The molecule has 9 heteroatoms. The van der Waals surface area contributed by atoms with Gasteiger partial charge in [0.25, 0.3) is 0 Å². The largest absolute Gasteiger partial charge is 0.389 e. The summed E-state index contributed by atoms with van der Waals surface area (Å²) in [4.78, 5) is 32.6. The highest BCUT2D eigenvalue weighted by molar-refractivity contribution is 5.78. The van der Waals surface area contributed by atoms with Crippen molar-refractivity contribution < 1.29 is 9.90 Å². The Bertz CT molecular complexity index is 1230. The van der Waals surface area contributed by atoms with Crippen LogP contribution in [0.1, 0.15) is 24.8 Å². The van der Waals surface area contributed by atoms with Gasteiger partial charge in [-0.15, -0.1) is 0 Å². The number of amides is 1. The van der Waals surface area contributed by atoms with Gasteiger partial charge in [-0.3, -0.25) is 9.69 Å². The molecule has 7 heterocycles. The van der Waals surface area contributed by atoms with Crippen LogP contribution in [0.15, 0.2) is 54.9 Å². The third kappa shape index (κ3) is 6.23. The van der Waals surface area contributed by atoms with Crippen molar-refractivity contribution in [1.82, 2.24) is 24.8 Å². The van der Waals surface area contributed by atoms with E-state index in [9.17, 15) is 9.90 Å². The van der Waals surface area contributed by atoms with Crippen LogP contribution < -0.4 is 10.2 Å². The molecule has 1 fully saturated rings. The highest BCUT2D eigenvalue weighted by Gasteiger charge is 2.33. The standard InChI is InChI=1S/C28H35N7O2/c1-33-13-4-14-34(2)26(36)20-35-15-10-28(37,11-16-35)18-21-5-3-6-23(17-21)31-27-29-12-9-24(32-27)22-7-8-25(33)30-19-22/h3,5-9,12,17,19,37H,4,10-11,13-16,18,20H2,1-2H3,(H,29,31,32). The van der Waals surface area contributed by atoms with Gasteiger partial charge in [-0.05, 0) is 55.2 Å². The van der Waals surface area contributed by atoms with E-state index in [1.807, 2.05) is 67.7 Å². The zero-order valence-corrected chi connectivity index (χ0v) is 21.6. The van der Waals surface area contributed by atoms with Crippen molar-refractivity contribution in [2.45, 2.75) is 31.3 Å². The van der Waals surface area contributed by atoms with Crippen molar-refractivity contribution in [2.24, 2.45) is 0 Å². The summed E-state index contributed by atoms with van der Waals surface area (Å²) in [7, 11) is 3.88. The average molecular weight is 502 g/mol. The number of nitrogens with one attached hydrogen (secondary N) is 1. The highest BCUT2D eigenvalue weighted by atomic mass is 16.3. The van der Waals surface area contributed by atoms with Crippen molar-refractivity contribution in [3.05, 3.63) is 60.4 Å². The maximum Gasteiger partial charge on any atom is 0.236 e. The Balaban J connectivity index is 1.40. The van der Waals surface area contributed by atoms with E-state index >= 15 is 0 Å². The van der Waals surface area contributed by atoms with E-state index in [-0.39, 0.29) is 5.91 Å². The second-order valence-corrected chi connectivity index (χ2v) is 10.3. The van der Waals surface area contributed by atoms with Crippen LogP contribution in [0.3, 0.4) is 0 Å². The van der Waals surface area contributed by atoms with Crippen LogP contribution in [-0.2, 0) is 11.2 Å². The fraction of sp³-hybridized carbons (Fsp3) is 0.429. The zero-order chi connectivity index (χ0) is 25.8. The first-order chi connectivity index (χ1) is 17.9. The molecule has 0 aliphatic carbocycles. The number of rotatable bonds is 0. The first-order valence-electron chi connectivity index (χ1n) is 12.9. The molecule has 8 bridgehead atoms. The van der Waals surface area contributed by atoms with Crippen molar-refractivity contribution in [3.63, 3.8) is 0 Å². The number of nitrogens with zero attached hydrogens (tertiary/aromatic N) is 6. The number of benzene rings is 1. The fourth-order valence-electron chi connectivity index (χ4n) is 5.01. The molecule has 5 aliphatic heterocycles. The second-order valence-electron chi connectivity index (χ2n) is 10.3. The molecule has 0 atom stereocenters. The van der Waals surface area contributed by atoms with E-state index < -0.39 is 5.60 Å². The smallest absolute Gasteiger partial charge is 0.236 e. The molecule has 8 rings (SSSR count). The molecule has 0 saturated carbocycles. The van der Waals surface area contributed by atoms with E-state index in [1.54, 1.807) is 6.20 Å². The lowest BCUT2D eigenvalue weighted by atomic mass is 9.85. The maximum atomic E-state index is 12.8. The van der Waals surface area contributed by atoms with Gasteiger partial charge in [0.05, 0.1) is 17.8 Å². The number of aromatic nitrogens is 3. The van der Waals surface area contributed by atoms with E-state index in [0.717, 1.165) is 41.3 Å². The molecular weight excluding hydrogens is 466 g/mol. The Morgan fingerprint density at radius 1 is 0.973 bits per heavy atom. The Morgan fingerprint density at radius 2 is 1.78 bits per heavy atom. The minimum Gasteiger partial charge on any atom is -0.389 e. The van der Waals surface area contributed by atoms with Crippen LogP contribution in [0.2, 0.25) is 0 Å². The van der Waals surface area contributed by atoms with Crippen molar-refractivity contribution in [1.29, 1.82) is 0 Å². The second kappa shape index (κ2) is 10.8. The number of hydrogen-bond donors (Lipinski definition) is 2. The van der Waals surface area contributed by atoms with Crippen LogP contribution in [0.25, 0.3) is 11.3 Å². The van der Waals surface area contributed by atoms with Crippen molar-refractivity contribution >= 4 is 23.4 Å². The number of anilines is 3. The Hall–Kier alpha value is -3.56. The summed E-state index contributed by atoms with van der Waals surface area (Å²) in [6, 6.07) is 13.9. The Morgan fingerprint density at radius 3 is 2.57 bits per heavy atom. The number of carbonyl (C=O) groups is 1. The summed E-state index contributed by atoms with van der Waals surface area (Å²) >= 11 is 0. The predicted molar refractivity (Wildman–Crippen MR) is 145 cm³/mol. The molecule has 0 unspecified atom stereocenters. The molecule has 37 heavy (non-hydrogen) atoms. The third-order valence-electron chi connectivity index (χ3n) is 7.37. The number of piperidine rings is 1. The van der Waals surface area contributed by atoms with Crippen LogP contribution in [0.4, 0.5) is 17.5 Å². The molecule has 1 amide bonds. The quantitative estimate of drug-likeness (QED) is 0.485. The van der Waals surface area contributed by atoms with Crippen LogP contribution in [0.5, 0.6) is 0 Å². The number of likely N-dealkylation sites (N-methyl/N-ethyl adjacent to an activating group) is 1. The summed E-state index contributed by atoms with van der Waals surface area (Å²) in [6.45, 7) is 3.29. The molecule has 0 radical (unpaired) electrons. The normalized spacial score (nSPS) is 23.1. The monoisotopic (exact) mass is 501 g/mol. The van der Waals surface area contributed by atoms with E-state index in [4.69, 9.17) is 4.98 Å². The molecular formula is C28H35N7O2. The van der Waals surface area contributed by atoms with Gasteiger partial charge >= 0.3 is 0 Å². The number of pyridine rings is 1. The third-order valence-corrected chi connectivity index (χ3v) is 7.37. The van der Waals surface area contributed by atoms with Gasteiger partial charge in [0.15, 0.2) is 0 Å². The summed E-state index contributed by atoms with van der Waals surface area (Å²) in [5, 5.41) is 14.6. The van der Waals surface area contributed by atoms with Crippen LogP contribution in [-0.4, -0.2) is 88.2 Å². The first-order valence-corrected chi connectivity index (χ1v) is 12.9. The van der Waals surface area contributed by atoms with Gasteiger partial charge in [0.2, 0.25) is 11.9 Å². The lowest BCUT2D eigenvalue weighted by molar-refractivity contribution is -0.132. The van der Waals surface area contributed by atoms with Crippen molar-refractivity contribution in [2.75, 3.05) is 57.0 Å². The number of aliphatic hydroxyl groups is 1. The zero-order valence-electron chi connectivity index (χ0n) is 21.6. The number of hydrogen-bond acceptors (Lipinski definition) is 8. The minimum absolute atomic E-state index is 0.121. The summed E-state index contributed by atoms with van der Waals surface area (Å²) in [5.74, 6) is 1.51. The van der Waals surface area contributed by atoms with E-state index in [1.165, 1.54) is 0 Å². The molecule has 2 N–H and O–H groups in total. The summed E-state index contributed by atoms with van der Waals surface area (Å²) in [5.41, 5.74) is 2.84. The van der Waals surface area contributed by atoms with Crippen LogP contribution in [0, 0.1) is 0 Å². The SMILES string of the molecule is CN1CCCN(C)c2ccc(cn2)-c2ccnc(n2)Nc2cccc(c2)CC2(O)CCN(CC2)CC1=O. The predicted octanol–water partition coefficient (Wildman–Crippen LogP) is 2.95. The topological polar surface area (TPSA) is 97.7 Å². The molecule has 9 nitrogen and oxygen atoms in total. The van der Waals surface area contributed by atoms with Gasteiger partial charge in [-0.2, -0.15) is 0 Å². The Labute approximate surface area is 218 Å². The molecule has 0 spiro atoms. The van der Waals surface area contributed by atoms with E-state index in [2.05, 4.69) is 25.1 Å². The lowest BCUT2D eigenvalue weighted by Gasteiger charge is -2.38. The summed E-state index contributed by atoms with van der Waals surface area (Å²) in [6.07, 6.45) is 6.26. The van der Waals surface area contributed by atoms with E-state index in [0.29, 0.717) is 51.4 Å². The molecule has 2 aromatic heterocycles. The Kier molecular flexibility index (Phi) is 7.34. The molecule has 5 aliphatic rings. The average Bonchev–Trinajstić information content (AvgIpc) is 2.90. The fourth-order valence-corrected chi connectivity index (χ4v) is 5.01. The lowest BCUT2D eigenvalue weighted by Crippen LogP contribution is -2.48. The minimum atomic E-state index is -0.778. The van der Waals surface area contributed by atoms with Gasteiger partial charge < -0.3 is 20.2 Å². The van der Waals surface area contributed by atoms with Gasteiger partial charge in [-0.1, -0.05) is 12.1 Å². The molecule has 1 saturated heterocycles. The maximum absolute atomic E-state index is 12.8. The van der Waals surface area contributed by atoms with Crippen molar-refractivity contribution in [3.8, 4) is 11.3 Å². The molecule has 194 valence electrons. The highest BCUT2D eigenvalue weighted by Crippen LogP contribution is 2.28. The summed E-state index contributed by atoms with van der Waals surface area (Å²) < 4.78 is 0.